The minimum absolute atomic E-state index is 0.558. The molecule has 1 aliphatic rings. The van der Waals surface area contributed by atoms with Crippen molar-refractivity contribution in [2.24, 2.45) is 0 Å². The van der Waals surface area contributed by atoms with Crippen LogP contribution in [0.1, 0.15) is 30.1 Å². The maximum absolute atomic E-state index is 4.44. The van der Waals surface area contributed by atoms with Crippen molar-refractivity contribution >= 4 is 0 Å². The molecular formula is C20H22N4. The van der Waals surface area contributed by atoms with Gasteiger partial charge in [-0.25, -0.2) is 0 Å². The molecule has 122 valence electrons. The molecule has 3 heterocycles. The van der Waals surface area contributed by atoms with Crippen LogP contribution in [0.5, 0.6) is 0 Å². The van der Waals surface area contributed by atoms with Crippen molar-refractivity contribution in [2.45, 2.75) is 25.3 Å². The van der Waals surface area contributed by atoms with Crippen molar-refractivity contribution < 1.29 is 0 Å². The zero-order chi connectivity index (χ0) is 16.2. The first-order chi connectivity index (χ1) is 11.9. The van der Waals surface area contributed by atoms with E-state index in [2.05, 4.69) is 62.5 Å². The van der Waals surface area contributed by atoms with Gasteiger partial charge in [0.2, 0.25) is 0 Å². The quantitative estimate of drug-likeness (QED) is 0.794. The second kappa shape index (κ2) is 6.97. The molecule has 0 unspecified atom stereocenters. The molecular weight excluding hydrogens is 296 g/mol. The predicted octanol–water partition coefficient (Wildman–Crippen LogP) is 3.85. The highest BCUT2D eigenvalue weighted by atomic mass is 15.1. The van der Waals surface area contributed by atoms with Crippen molar-refractivity contribution in [3.63, 3.8) is 0 Å². The Morgan fingerprint density at radius 3 is 2.54 bits per heavy atom. The van der Waals surface area contributed by atoms with Crippen LogP contribution in [0, 0.1) is 0 Å². The molecule has 0 bridgehead atoms. The van der Waals surface area contributed by atoms with Crippen molar-refractivity contribution in [3.8, 4) is 11.1 Å². The van der Waals surface area contributed by atoms with Gasteiger partial charge in [-0.3, -0.25) is 15.0 Å². The van der Waals surface area contributed by atoms with Crippen LogP contribution >= 0.6 is 0 Å². The van der Waals surface area contributed by atoms with Crippen LogP contribution < -0.4 is 0 Å². The third-order valence-corrected chi connectivity index (χ3v) is 4.86. The number of aromatic nitrogens is 3. The van der Waals surface area contributed by atoms with Crippen LogP contribution in [0.15, 0.2) is 60.9 Å². The Morgan fingerprint density at radius 1 is 1.00 bits per heavy atom. The van der Waals surface area contributed by atoms with Crippen LogP contribution in [0.4, 0.5) is 0 Å². The molecule has 0 saturated carbocycles. The summed E-state index contributed by atoms with van der Waals surface area (Å²) in [6.45, 7) is 3.16. The number of hydrogen-bond acceptors (Lipinski definition) is 3. The minimum Gasteiger partial charge on any atom is -0.297 e. The molecule has 1 aliphatic heterocycles. The molecule has 1 aromatic carbocycles. The lowest BCUT2D eigenvalue weighted by molar-refractivity contribution is 0.201. The summed E-state index contributed by atoms with van der Waals surface area (Å²) < 4.78 is 0. The number of H-pyrrole nitrogens is 1. The Labute approximate surface area is 142 Å². The first-order valence-electron chi connectivity index (χ1n) is 8.61. The second-order valence-electron chi connectivity index (χ2n) is 6.43. The molecule has 3 aromatic rings. The van der Waals surface area contributed by atoms with Gasteiger partial charge in [-0.1, -0.05) is 36.4 Å². The van der Waals surface area contributed by atoms with Crippen LogP contribution in [-0.4, -0.2) is 33.2 Å². The van der Waals surface area contributed by atoms with Gasteiger partial charge < -0.3 is 0 Å². The number of pyridine rings is 1. The summed E-state index contributed by atoms with van der Waals surface area (Å²) in [5, 5.41) is 7.57. The van der Waals surface area contributed by atoms with Crippen LogP contribution in [0.25, 0.3) is 11.1 Å². The van der Waals surface area contributed by atoms with Gasteiger partial charge in [-0.15, -0.1) is 0 Å². The van der Waals surface area contributed by atoms with Crippen molar-refractivity contribution in [2.75, 3.05) is 13.1 Å². The van der Waals surface area contributed by atoms with Gasteiger partial charge >= 0.3 is 0 Å². The fourth-order valence-electron chi connectivity index (χ4n) is 3.56. The minimum atomic E-state index is 0.558. The first kappa shape index (κ1) is 15.1. The number of likely N-dealkylation sites (tertiary alicyclic amines) is 1. The third-order valence-electron chi connectivity index (χ3n) is 4.86. The number of rotatable bonds is 4. The van der Waals surface area contributed by atoms with Gasteiger partial charge in [0.15, 0.2) is 0 Å². The summed E-state index contributed by atoms with van der Waals surface area (Å²) in [7, 11) is 0. The molecule has 4 nitrogen and oxygen atoms in total. The molecule has 0 spiro atoms. The highest BCUT2D eigenvalue weighted by Crippen LogP contribution is 2.33. The van der Waals surface area contributed by atoms with E-state index in [1.807, 2.05) is 18.5 Å². The monoisotopic (exact) mass is 318 g/mol. The average Bonchev–Trinajstić information content (AvgIpc) is 3.14. The van der Waals surface area contributed by atoms with Crippen LogP contribution in [-0.2, 0) is 6.54 Å². The standard InChI is InChI=1S/C20H22N4/c1-2-6-16(7-3-1)19-14-22-23-20(19)17-9-12-24(13-10-17)15-18-8-4-5-11-21-18/h1-8,11,14,17H,9-10,12-13,15H2,(H,22,23). The van der Waals surface area contributed by atoms with E-state index in [1.54, 1.807) is 0 Å². The van der Waals surface area contributed by atoms with E-state index in [9.17, 15) is 0 Å². The summed E-state index contributed by atoms with van der Waals surface area (Å²) in [6.07, 6.45) is 6.16. The third kappa shape index (κ3) is 3.24. The van der Waals surface area contributed by atoms with Gasteiger partial charge in [-0.2, -0.15) is 5.10 Å². The largest absolute Gasteiger partial charge is 0.297 e. The first-order valence-corrected chi connectivity index (χ1v) is 8.61. The van der Waals surface area contributed by atoms with Gasteiger partial charge in [0.05, 0.1) is 11.9 Å². The van der Waals surface area contributed by atoms with E-state index in [4.69, 9.17) is 0 Å². The molecule has 0 radical (unpaired) electrons. The van der Waals surface area contributed by atoms with E-state index in [1.165, 1.54) is 16.8 Å². The van der Waals surface area contributed by atoms with Crippen LogP contribution in [0.3, 0.4) is 0 Å². The smallest absolute Gasteiger partial charge is 0.0568 e. The van der Waals surface area contributed by atoms with E-state index < -0.39 is 0 Å². The number of benzene rings is 1. The number of hydrogen-bond donors (Lipinski definition) is 1. The zero-order valence-electron chi connectivity index (χ0n) is 13.7. The van der Waals surface area contributed by atoms with E-state index in [0.717, 1.165) is 38.2 Å². The fourth-order valence-corrected chi connectivity index (χ4v) is 3.56. The number of aromatic amines is 1. The Bertz CT molecular complexity index is 759. The van der Waals surface area contributed by atoms with Crippen molar-refractivity contribution in [1.29, 1.82) is 0 Å². The molecule has 2 aromatic heterocycles. The number of nitrogens with zero attached hydrogens (tertiary/aromatic N) is 3. The van der Waals surface area contributed by atoms with E-state index in [-0.39, 0.29) is 0 Å². The molecule has 4 heteroatoms. The highest BCUT2D eigenvalue weighted by Gasteiger charge is 2.24. The Kier molecular flexibility index (Phi) is 4.38. The summed E-state index contributed by atoms with van der Waals surface area (Å²) in [4.78, 5) is 6.94. The molecule has 1 saturated heterocycles. The second-order valence-corrected chi connectivity index (χ2v) is 6.43. The number of piperidine rings is 1. The molecule has 1 N–H and O–H groups in total. The summed E-state index contributed by atoms with van der Waals surface area (Å²) in [5.41, 5.74) is 4.94. The summed E-state index contributed by atoms with van der Waals surface area (Å²) in [6, 6.07) is 16.7. The molecule has 0 aliphatic carbocycles. The fraction of sp³-hybridized carbons (Fsp3) is 0.300. The average molecular weight is 318 g/mol. The van der Waals surface area contributed by atoms with Crippen molar-refractivity contribution in [1.82, 2.24) is 20.1 Å². The molecule has 0 amide bonds. The summed E-state index contributed by atoms with van der Waals surface area (Å²) >= 11 is 0. The van der Waals surface area contributed by atoms with E-state index >= 15 is 0 Å². The normalized spacial score (nSPS) is 16.3. The maximum atomic E-state index is 4.44. The molecule has 0 atom stereocenters. The van der Waals surface area contributed by atoms with E-state index in [0.29, 0.717) is 5.92 Å². The van der Waals surface area contributed by atoms with Crippen LogP contribution in [0.2, 0.25) is 0 Å². The predicted molar refractivity (Wildman–Crippen MR) is 95.5 cm³/mol. The lowest BCUT2D eigenvalue weighted by atomic mass is 9.89. The van der Waals surface area contributed by atoms with Gasteiger partial charge in [-0.05, 0) is 43.6 Å². The Balaban J connectivity index is 1.43. The molecule has 4 rings (SSSR count). The SMILES string of the molecule is c1ccc(-c2cn[nH]c2C2CCN(Cc3ccccn3)CC2)cc1. The topological polar surface area (TPSA) is 44.8 Å². The lowest BCUT2D eigenvalue weighted by Crippen LogP contribution is -2.32. The zero-order valence-corrected chi connectivity index (χ0v) is 13.7. The summed E-state index contributed by atoms with van der Waals surface area (Å²) in [5.74, 6) is 0.558. The lowest BCUT2D eigenvalue weighted by Gasteiger charge is -2.31. The van der Waals surface area contributed by atoms with Gasteiger partial charge in [0.1, 0.15) is 0 Å². The molecule has 24 heavy (non-hydrogen) atoms. The van der Waals surface area contributed by atoms with Crippen molar-refractivity contribution in [3.05, 3.63) is 72.3 Å². The maximum Gasteiger partial charge on any atom is 0.0568 e. The van der Waals surface area contributed by atoms with Gasteiger partial charge in [0.25, 0.3) is 0 Å². The number of nitrogens with one attached hydrogen (secondary N) is 1. The Morgan fingerprint density at radius 2 is 1.79 bits per heavy atom. The Hall–Kier alpha value is -2.46. The highest BCUT2D eigenvalue weighted by molar-refractivity contribution is 5.65. The molecule has 1 fully saturated rings. The van der Waals surface area contributed by atoms with Gasteiger partial charge in [0, 0.05) is 29.9 Å².